The van der Waals surface area contributed by atoms with E-state index in [1.54, 1.807) is 33.1 Å². The van der Waals surface area contributed by atoms with Crippen LogP contribution in [0.25, 0.3) is 0 Å². The third kappa shape index (κ3) is 4.03. The van der Waals surface area contributed by atoms with Crippen molar-refractivity contribution in [3.8, 4) is 0 Å². The van der Waals surface area contributed by atoms with Crippen LogP contribution in [0.5, 0.6) is 0 Å². The number of hydrogen-bond donors (Lipinski definition) is 1. The maximum atomic E-state index is 11.4. The highest BCUT2D eigenvalue weighted by atomic mass is 35.5. The van der Waals surface area contributed by atoms with E-state index in [1.807, 2.05) is 0 Å². The van der Waals surface area contributed by atoms with Crippen molar-refractivity contribution in [2.75, 3.05) is 45.0 Å². The van der Waals surface area contributed by atoms with Gasteiger partial charge in [0.05, 0.1) is 6.54 Å². The number of likely N-dealkylation sites (N-methyl/N-ethyl adjacent to an activating group) is 1. The Morgan fingerprint density at radius 1 is 1.24 bits per heavy atom. The summed E-state index contributed by atoms with van der Waals surface area (Å²) in [6.45, 7) is 0.111. The standard InChI is InChI=1S/C9H15ClN6O/c1-15(2)6(17)5-11-8-12-7(10)13-9(14-8)16(3)4/h5H2,1-4H3,(H,11,12,13,14). The normalized spacial score (nSPS) is 9.94. The lowest BCUT2D eigenvalue weighted by Gasteiger charge is -2.13. The highest BCUT2D eigenvalue weighted by Gasteiger charge is 2.08. The van der Waals surface area contributed by atoms with E-state index in [1.165, 1.54) is 4.90 Å². The van der Waals surface area contributed by atoms with Gasteiger partial charge < -0.3 is 15.1 Å². The first kappa shape index (κ1) is 13.4. The summed E-state index contributed by atoms with van der Waals surface area (Å²) in [5, 5.41) is 2.88. The van der Waals surface area contributed by atoms with Crippen molar-refractivity contribution in [1.29, 1.82) is 0 Å². The third-order valence-electron chi connectivity index (χ3n) is 1.89. The third-order valence-corrected chi connectivity index (χ3v) is 2.06. The number of aromatic nitrogens is 3. The highest BCUT2D eigenvalue weighted by Crippen LogP contribution is 2.11. The molecule has 0 saturated heterocycles. The van der Waals surface area contributed by atoms with Crippen molar-refractivity contribution in [3.05, 3.63) is 5.28 Å². The Morgan fingerprint density at radius 3 is 2.41 bits per heavy atom. The zero-order valence-electron chi connectivity index (χ0n) is 10.2. The lowest BCUT2D eigenvalue weighted by atomic mass is 10.5. The summed E-state index contributed by atoms with van der Waals surface area (Å²) in [6, 6.07) is 0. The predicted octanol–water partition coefficient (Wildman–Crippen LogP) is 0.0911. The molecule has 94 valence electrons. The van der Waals surface area contributed by atoms with Gasteiger partial charge in [-0.2, -0.15) is 15.0 Å². The van der Waals surface area contributed by atoms with E-state index < -0.39 is 0 Å². The fraction of sp³-hybridized carbons (Fsp3) is 0.556. The van der Waals surface area contributed by atoms with Crippen LogP contribution in [0.1, 0.15) is 0 Å². The average molecular weight is 259 g/mol. The van der Waals surface area contributed by atoms with Crippen LogP contribution in [-0.4, -0.2) is 60.5 Å². The maximum absolute atomic E-state index is 11.4. The summed E-state index contributed by atoms with van der Waals surface area (Å²) >= 11 is 5.75. The molecule has 0 unspecified atom stereocenters. The quantitative estimate of drug-likeness (QED) is 0.825. The van der Waals surface area contributed by atoms with E-state index in [9.17, 15) is 4.79 Å². The summed E-state index contributed by atoms with van der Waals surface area (Å²) in [5.74, 6) is 0.640. The highest BCUT2D eigenvalue weighted by molar-refractivity contribution is 6.28. The minimum atomic E-state index is -0.0760. The largest absolute Gasteiger partial charge is 0.347 e. The Balaban J connectivity index is 2.74. The van der Waals surface area contributed by atoms with Crippen LogP contribution in [0.3, 0.4) is 0 Å². The van der Waals surface area contributed by atoms with Gasteiger partial charge in [0.1, 0.15) is 0 Å². The van der Waals surface area contributed by atoms with Crippen LogP contribution in [0.15, 0.2) is 0 Å². The van der Waals surface area contributed by atoms with Crippen LogP contribution >= 0.6 is 11.6 Å². The van der Waals surface area contributed by atoms with Gasteiger partial charge in [-0.3, -0.25) is 4.79 Å². The van der Waals surface area contributed by atoms with Gasteiger partial charge in [-0.25, -0.2) is 0 Å². The number of carbonyl (C=O) groups excluding carboxylic acids is 1. The molecule has 1 aromatic heterocycles. The van der Waals surface area contributed by atoms with E-state index in [-0.39, 0.29) is 23.7 Å². The fourth-order valence-corrected chi connectivity index (χ4v) is 1.09. The van der Waals surface area contributed by atoms with Gasteiger partial charge in [0.2, 0.25) is 23.1 Å². The Bertz CT molecular complexity index is 408. The Labute approximate surface area is 105 Å². The molecule has 0 saturated carbocycles. The van der Waals surface area contributed by atoms with Crippen molar-refractivity contribution in [2.24, 2.45) is 0 Å². The van der Waals surface area contributed by atoms with Crippen LogP contribution in [0, 0.1) is 0 Å². The van der Waals surface area contributed by atoms with Crippen molar-refractivity contribution >= 4 is 29.4 Å². The molecule has 17 heavy (non-hydrogen) atoms. The smallest absolute Gasteiger partial charge is 0.241 e. The number of halogens is 1. The predicted molar refractivity (Wildman–Crippen MR) is 66.3 cm³/mol. The maximum Gasteiger partial charge on any atom is 0.241 e. The molecular formula is C9H15ClN6O. The van der Waals surface area contributed by atoms with Crippen LogP contribution < -0.4 is 10.2 Å². The van der Waals surface area contributed by atoms with E-state index in [0.29, 0.717) is 5.95 Å². The molecule has 1 amide bonds. The van der Waals surface area contributed by atoms with Crippen LogP contribution in [0.2, 0.25) is 5.28 Å². The number of rotatable bonds is 4. The number of hydrogen-bond acceptors (Lipinski definition) is 6. The Kier molecular flexibility index (Phi) is 4.45. The second-order valence-electron chi connectivity index (χ2n) is 3.76. The van der Waals surface area contributed by atoms with Crippen LogP contribution in [-0.2, 0) is 4.79 Å². The summed E-state index contributed by atoms with van der Waals surface area (Å²) in [6.07, 6.45) is 0. The molecule has 1 N–H and O–H groups in total. The van der Waals surface area contributed by atoms with Gasteiger partial charge >= 0.3 is 0 Å². The number of anilines is 2. The summed E-state index contributed by atoms with van der Waals surface area (Å²) in [4.78, 5) is 26.5. The molecule has 1 heterocycles. The molecule has 0 aliphatic heterocycles. The Morgan fingerprint density at radius 2 is 1.88 bits per heavy atom. The van der Waals surface area contributed by atoms with E-state index in [2.05, 4.69) is 20.3 Å². The molecular weight excluding hydrogens is 244 g/mol. The first-order valence-corrected chi connectivity index (χ1v) is 5.31. The SMILES string of the molecule is CN(C)C(=O)CNc1nc(Cl)nc(N(C)C)n1. The average Bonchev–Trinajstić information content (AvgIpc) is 2.24. The number of amides is 1. The number of nitrogens with one attached hydrogen (secondary N) is 1. The first-order valence-electron chi connectivity index (χ1n) is 4.93. The molecule has 8 heteroatoms. The zero-order chi connectivity index (χ0) is 13.0. The fourth-order valence-electron chi connectivity index (χ4n) is 0.931. The molecule has 0 aromatic carbocycles. The van der Waals surface area contributed by atoms with Gasteiger partial charge in [-0.15, -0.1) is 0 Å². The first-order chi connectivity index (χ1) is 7.90. The van der Waals surface area contributed by atoms with Crippen molar-refractivity contribution in [1.82, 2.24) is 19.9 Å². The second-order valence-corrected chi connectivity index (χ2v) is 4.10. The van der Waals surface area contributed by atoms with Gasteiger partial charge in [0.15, 0.2) is 0 Å². The molecule has 0 atom stereocenters. The number of nitrogens with zero attached hydrogens (tertiary/aromatic N) is 5. The minimum Gasteiger partial charge on any atom is -0.347 e. The summed E-state index contributed by atoms with van der Waals surface area (Å²) in [5.41, 5.74) is 0. The monoisotopic (exact) mass is 258 g/mol. The van der Waals surface area contributed by atoms with E-state index in [4.69, 9.17) is 11.6 Å². The van der Waals surface area contributed by atoms with Crippen LogP contribution in [0.4, 0.5) is 11.9 Å². The number of carbonyl (C=O) groups is 1. The summed E-state index contributed by atoms with van der Waals surface area (Å²) < 4.78 is 0. The lowest BCUT2D eigenvalue weighted by molar-refractivity contribution is -0.126. The second kappa shape index (κ2) is 5.62. The van der Waals surface area contributed by atoms with Crippen molar-refractivity contribution in [3.63, 3.8) is 0 Å². The van der Waals surface area contributed by atoms with Gasteiger partial charge in [0.25, 0.3) is 0 Å². The van der Waals surface area contributed by atoms with Gasteiger partial charge in [0, 0.05) is 28.2 Å². The molecule has 0 aliphatic carbocycles. The van der Waals surface area contributed by atoms with Gasteiger partial charge in [-0.05, 0) is 11.6 Å². The van der Waals surface area contributed by atoms with E-state index in [0.717, 1.165) is 0 Å². The molecule has 1 rings (SSSR count). The molecule has 0 fully saturated rings. The molecule has 0 radical (unpaired) electrons. The van der Waals surface area contributed by atoms with Gasteiger partial charge in [-0.1, -0.05) is 0 Å². The Hall–Kier alpha value is -1.63. The van der Waals surface area contributed by atoms with Crippen molar-refractivity contribution in [2.45, 2.75) is 0 Å². The lowest BCUT2D eigenvalue weighted by Crippen LogP contribution is -2.29. The molecule has 0 spiro atoms. The van der Waals surface area contributed by atoms with Crippen molar-refractivity contribution < 1.29 is 4.79 Å². The minimum absolute atomic E-state index is 0.0760. The van der Waals surface area contributed by atoms with E-state index >= 15 is 0 Å². The molecule has 0 bridgehead atoms. The topological polar surface area (TPSA) is 74.2 Å². The molecule has 7 nitrogen and oxygen atoms in total. The molecule has 0 aliphatic rings. The zero-order valence-corrected chi connectivity index (χ0v) is 11.0. The summed E-state index contributed by atoms with van der Waals surface area (Å²) in [7, 11) is 6.94. The molecule has 1 aromatic rings.